The van der Waals surface area contributed by atoms with Crippen LogP contribution < -0.4 is 20.1 Å². The minimum Gasteiger partial charge on any atom is -0.494 e. The van der Waals surface area contributed by atoms with Gasteiger partial charge < -0.3 is 20.1 Å². The lowest BCUT2D eigenvalue weighted by Crippen LogP contribution is -2.12. The summed E-state index contributed by atoms with van der Waals surface area (Å²) in [5.41, 5.74) is 5.18. The van der Waals surface area contributed by atoms with Gasteiger partial charge in [0.2, 0.25) is 0 Å². The van der Waals surface area contributed by atoms with E-state index in [0.29, 0.717) is 0 Å². The van der Waals surface area contributed by atoms with Gasteiger partial charge in [0.25, 0.3) is 0 Å². The molecular formula is C38H48N2O2. The van der Waals surface area contributed by atoms with E-state index in [2.05, 4.69) is 120 Å². The van der Waals surface area contributed by atoms with Crippen molar-refractivity contribution >= 4 is 0 Å². The van der Waals surface area contributed by atoms with Gasteiger partial charge in [-0.3, -0.25) is 0 Å². The van der Waals surface area contributed by atoms with Gasteiger partial charge in [-0.1, -0.05) is 123 Å². The van der Waals surface area contributed by atoms with Crippen molar-refractivity contribution in [3.05, 3.63) is 131 Å². The van der Waals surface area contributed by atoms with E-state index < -0.39 is 0 Å². The summed E-state index contributed by atoms with van der Waals surface area (Å²) in [5, 5.41) is 6.99. The van der Waals surface area contributed by atoms with Crippen LogP contribution in [-0.2, 0) is 26.2 Å². The summed E-state index contributed by atoms with van der Waals surface area (Å²) in [6, 6.07) is 38.0. The van der Waals surface area contributed by atoms with Crippen LogP contribution in [0.1, 0.15) is 73.6 Å². The zero-order valence-corrected chi connectivity index (χ0v) is 25.1. The van der Waals surface area contributed by atoms with Gasteiger partial charge in [0.15, 0.2) is 0 Å². The quantitative estimate of drug-likeness (QED) is 0.0992. The van der Waals surface area contributed by atoms with Crippen LogP contribution >= 0.6 is 0 Å². The summed E-state index contributed by atoms with van der Waals surface area (Å²) in [5.74, 6) is 1.94. The maximum atomic E-state index is 5.95. The predicted octanol–water partition coefficient (Wildman–Crippen LogP) is 8.84. The van der Waals surface area contributed by atoms with Crippen molar-refractivity contribution in [3.8, 4) is 11.5 Å². The number of unbranched alkanes of at least 4 members (excludes halogenated alkanes) is 7. The smallest absolute Gasteiger partial charge is 0.119 e. The summed E-state index contributed by atoms with van der Waals surface area (Å²) in [6.07, 6.45) is 9.92. The zero-order valence-electron chi connectivity index (χ0n) is 25.1. The number of hydrogen-bond donors (Lipinski definition) is 2. The third-order valence-electron chi connectivity index (χ3n) is 7.42. The molecule has 0 aliphatic carbocycles. The number of hydrogen-bond acceptors (Lipinski definition) is 4. The number of rotatable bonds is 21. The molecule has 0 aliphatic rings. The molecule has 0 amide bonds. The highest BCUT2D eigenvalue weighted by atomic mass is 16.5. The van der Waals surface area contributed by atoms with Gasteiger partial charge in [-0.05, 0) is 59.4 Å². The van der Waals surface area contributed by atoms with Gasteiger partial charge in [0, 0.05) is 26.2 Å². The zero-order chi connectivity index (χ0) is 28.9. The Balaban J connectivity index is 0.923. The van der Waals surface area contributed by atoms with E-state index >= 15 is 0 Å². The van der Waals surface area contributed by atoms with Crippen molar-refractivity contribution in [1.82, 2.24) is 10.6 Å². The van der Waals surface area contributed by atoms with E-state index in [1.807, 2.05) is 0 Å². The molecule has 0 fully saturated rings. The van der Waals surface area contributed by atoms with E-state index in [1.165, 1.54) is 60.8 Å². The predicted molar refractivity (Wildman–Crippen MR) is 175 cm³/mol. The maximum Gasteiger partial charge on any atom is 0.119 e. The second-order valence-corrected chi connectivity index (χ2v) is 11.0. The molecule has 4 rings (SSSR count). The standard InChI is InChI=1S/C38H48N2O2/c1(3-5-13-27-41-37-23-19-35(20-24-37)31-39-29-33-15-9-7-10-16-33)2-4-6-14-28-42-38-25-21-36(22-26-38)32-40-30-34-17-11-8-12-18-34/h7-12,15-26,39-40H,1-6,13-14,27-32H2. The fourth-order valence-electron chi connectivity index (χ4n) is 4.95. The molecule has 2 N–H and O–H groups in total. The molecule has 4 heteroatoms. The lowest BCUT2D eigenvalue weighted by Gasteiger charge is -2.09. The van der Waals surface area contributed by atoms with Crippen molar-refractivity contribution in [2.45, 2.75) is 77.5 Å². The minimum absolute atomic E-state index is 0.800. The summed E-state index contributed by atoms with van der Waals surface area (Å²) < 4.78 is 11.9. The first-order chi connectivity index (χ1) is 20.8. The number of benzene rings is 4. The third kappa shape index (κ3) is 12.9. The molecule has 0 radical (unpaired) electrons. The van der Waals surface area contributed by atoms with Crippen LogP contribution in [-0.4, -0.2) is 13.2 Å². The molecular weight excluding hydrogens is 516 g/mol. The highest BCUT2D eigenvalue weighted by molar-refractivity contribution is 5.28. The summed E-state index contributed by atoms with van der Waals surface area (Å²) >= 11 is 0. The normalized spacial score (nSPS) is 11.0. The fraction of sp³-hybridized carbons (Fsp3) is 0.368. The molecule has 0 unspecified atom stereocenters. The molecule has 0 saturated heterocycles. The van der Waals surface area contributed by atoms with E-state index in [0.717, 1.165) is 63.7 Å². The van der Waals surface area contributed by atoms with Gasteiger partial charge in [-0.25, -0.2) is 0 Å². The van der Waals surface area contributed by atoms with Gasteiger partial charge in [-0.2, -0.15) is 0 Å². The molecule has 0 spiro atoms. The van der Waals surface area contributed by atoms with Crippen LogP contribution in [0.25, 0.3) is 0 Å². The molecule has 4 nitrogen and oxygen atoms in total. The molecule has 0 heterocycles. The largest absolute Gasteiger partial charge is 0.494 e. The number of nitrogens with one attached hydrogen (secondary N) is 2. The summed E-state index contributed by atoms with van der Waals surface area (Å²) in [7, 11) is 0. The number of ether oxygens (including phenoxy) is 2. The van der Waals surface area contributed by atoms with Crippen LogP contribution in [0.2, 0.25) is 0 Å². The lowest BCUT2D eigenvalue weighted by molar-refractivity contribution is 0.301. The Morgan fingerprint density at radius 1 is 0.333 bits per heavy atom. The molecule has 0 aliphatic heterocycles. The summed E-state index contributed by atoms with van der Waals surface area (Å²) in [6.45, 7) is 5.10. The average Bonchev–Trinajstić information content (AvgIpc) is 3.04. The fourth-order valence-corrected chi connectivity index (χ4v) is 4.95. The Bertz CT molecular complexity index is 1110. The first-order valence-electron chi connectivity index (χ1n) is 15.8. The molecule has 0 bridgehead atoms. The SMILES string of the molecule is c1ccc(CNCc2ccc(OCCCCCCCCCCOc3ccc(CNCc4ccccc4)cc3)cc2)cc1. The van der Waals surface area contributed by atoms with Gasteiger partial charge in [0.1, 0.15) is 11.5 Å². The topological polar surface area (TPSA) is 42.5 Å². The first kappa shape index (κ1) is 31.3. The molecule has 4 aromatic rings. The summed E-state index contributed by atoms with van der Waals surface area (Å²) in [4.78, 5) is 0. The molecule has 0 atom stereocenters. The van der Waals surface area contributed by atoms with Crippen molar-refractivity contribution in [2.75, 3.05) is 13.2 Å². The Kier molecular flexibility index (Phi) is 14.6. The molecule has 222 valence electrons. The van der Waals surface area contributed by atoms with Crippen LogP contribution in [0, 0.1) is 0 Å². The highest BCUT2D eigenvalue weighted by Gasteiger charge is 2.00. The minimum atomic E-state index is 0.800. The first-order valence-corrected chi connectivity index (χ1v) is 15.8. The van der Waals surface area contributed by atoms with Crippen LogP contribution in [0.5, 0.6) is 11.5 Å². The van der Waals surface area contributed by atoms with E-state index in [4.69, 9.17) is 9.47 Å². The van der Waals surface area contributed by atoms with Gasteiger partial charge >= 0.3 is 0 Å². The maximum absolute atomic E-state index is 5.95. The Hall–Kier alpha value is -3.60. The molecule has 0 saturated carbocycles. The lowest BCUT2D eigenvalue weighted by atomic mass is 10.1. The van der Waals surface area contributed by atoms with Crippen molar-refractivity contribution < 1.29 is 9.47 Å². The van der Waals surface area contributed by atoms with Crippen molar-refractivity contribution in [2.24, 2.45) is 0 Å². The monoisotopic (exact) mass is 564 g/mol. The molecule has 4 aromatic carbocycles. The second kappa shape index (κ2) is 19.5. The Morgan fingerprint density at radius 3 is 1.00 bits per heavy atom. The van der Waals surface area contributed by atoms with Crippen LogP contribution in [0.3, 0.4) is 0 Å². The van der Waals surface area contributed by atoms with Crippen LogP contribution in [0.4, 0.5) is 0 Å². The van der Waals surface area contributed by atoms with Gasteiger partial charge in [0.05, 0.1) is 13.2 Å². The second-order valence-electron chi connectivity index (χ2n) is 11.0. The molecule has 42 heavy (non-hydrogen) atoms. The van der Waals surface area contributed by atoms with E-state index in [-0.39, 0.29) is 0 Å². The average molecular weight is 565 g/mol. The van der Waals surface area contributed by atoms with Gasteiger partial charge in [-0.15, -0.1) is 0 Å². The Morgan fingerprint density at radius 2 is 0.643 bits per heavy atom. The Labute approximate surface area is 253 Å². The van der Waals surface area contributed by atoms with Crippen molar-refractivity contribution in [3.63, 3.8) is 0 Å². The third-order valence-corrected chi connectivity index (χ3v) is 7.42. The van der Waals surface area contributed by atoms with Crippen LogP contribution in [0.15, 0.2) is 109 Å². The van der Waals surface area contributed by atoms with E-state index in [9.17, 15) is 0 Å². The van der Waals surface area contributed by atoms with E-state index in [1.54, 1.807) is 0 Å². The molecule has 0 aromatic heterocycles. The van der Waals surface area contributed by atoms with Crippen molar-refractivity contribution in [1.29, 1.82) is 0 Å². The highest BCUT2D eigenvalue weighted by Crippen LogP contribution is 2.16.